The van der Waals surface area contributed by atoms with Gasteiger partial charge in [0.15, 0.2) is 0 Å². The number of hydrogen-bond acceptors (Lipinski definition) is 4. The molecule has 1 saturated carbocycles. The van der Waals surface area contributed by atoms with Crippen molar-refractivity contribution in [2.75, 3.05) is 13.7 Å². The zero-order chi connectivity index (χ0) is 16.8. The van der Waals surface area contributed by atoms with Crippen molar-refractivity contribution in [1.29, 1.82) is 0 Å². The Morgan fingerprint density at radius 1 is 1.39 bits per heavy atom. The van der Waals surface area contributed by atoms with Gasteiger partial charge in [-0.1, -0.05) is 13.3 Å². The van der Waals surface area contributed by atoms with E-state index in [1.54, 1.807) is 25.3 Å². The van der Waals surface area contributed by atoms with Crippen LogP contribution in [-0.2, 0) is 4.79 Å². The van der Waals surface area contributed by atoms with Crippen molar-refractivity contribution in [1.82, 2.24) is 5.32 Å². The van der Waals surface area contributed by atoms with Crippen molar-refractivity contribution in [2.45, 2.75) is 38.6 Å². The zero-order valence-electron chi connectivity index (χ0n) is 13.5. The van der Waals surface area contributed by atoms with Gasteiger partial charge in [-0.15, -0.1) is 0 Å². The lowest BCUT2D eigenvalue weighted by Gasteiger charge is -2.16. The molecule has 0 spiro atoms. The van der Waals surface area contributed by atoms with Gasteiger partial charge in [0.1, 0.15) is 17.5 Å². The van der Waals surface area contributed by atoms with Crippen molar-refractivity contribution < 1.29 is 24.2 Å². The highest BCUT2D eigenvalue weighted by atomic mass is 16.5. The van der Waals surface area contributed by atoms with Crippen molar-refractivity contribution in [2.24, 2.45) is 5.92 Å². The van der Waals surface area contributed by atoms with Gasteiger partial charge in [-0.05, 0) is 37.3 Å². The number of carboxylic acid groups (broad SMARTS) is 1. The fourth-order valence-corrected chi connectivity index (χ4v) is 2.21. The van der Waals surface area contributed by atoms with E-state index in [0.29, 0.717) is 42.4 Å². The molecule has 0 bridgehead atoms. The number of aliphatic carboxylic acids is 1. The minimum absolute atomic E-state index is 0.328. The van der Waals surface area contributed by atoms with Crippen molar-refractivity contribution in [3.8, 4) is 11.5 Å². The monoisotopic (exact) mass is 321 g/mol. The average Bonchev–Trinajstić information content (AvgIpc) is 3.36. The third-order valence-electron chi connectivity index (χ3n) is 3.79. The minimum Gasteiger partial charge on any atom is -0.497 e. The Morgan fingerprint density at radius 3 is 2.70 bits per heavy atom. The Bertz CT molecular complexity index is 568. The minimum atomic E-state index is -1.03. The highest BCUT2D eigenvalue weighted by Gasteiger charge is 2.25. The Balaban J connectivity index is 2.14. The van der Waals surface area contributed by atoms with Crippen LogP contribution >= 0.6 is 0 Å². The first-order valence-corrected chi connectivity index (χ1v) is 7.89. The molecular formula is C17H23NO5. The van der Waals surface area contributed by atoms with Crippen LogP contribution in [0.1, 0.15) is 43.0 Å². The fourth-order valence-electron chi connectivity index (χ4n) is 2.21. The van der Waals surface area contributed by atoms with Crippen LogP contribution in [-0.4, -0.2) is 36.7 Å². The second-order valence-corrected chi connectivity index (χ2v) is 5.77. The van der Waals surface area contributed by atoms with E-state index in [1.165, 1.54) is 0 Å². The molecule has 1 aromatic rings. The summed E-state index contributed by atoms with van der Waals surface area (Å²) in [5.41, 5.74) is 0.328. The molecule has 0 aromatic heterocycles. The molecule has 1 fully saturated rings. The predicted octanol–water partition coefficient (Wildman–Crippen LogP) is 2.47. The van der Waals surface area contributed by atoms with E-state index in [1.807, 2.05) is 6.92 Å². The van der Waals surface area contributed by atoms with Gasteiger partial charge < -0.3 is 19.9 Å². The van der Waals surface area contributed by atoms with Gasteiger partial charge in [-0.25, -0.2) is 4.79 Å². The molecule has 0 radical (unpaired) electrons. The van der Waals surface area contributed by atoms with E-state index >= 15 is 0 Å². The first-order chi connectivity index (χ1) is 11.0. The first-order valence-electron chi connectivity index (χ1n) is 7.89. The lowest BCUT2D eigenvalue weighted by Crippen LogP contribution is -2.40. The van der Waals surface area contributed by atoms with E-state index in [2.05, 4.69) is 5.32 Å². The molecular weight excluding hydrogens is 298 g/mol. The largest absolute Gasteiger partial charge is 0.497 e. The molecule has 126 valence electrons. The number of carbonyl (C=O) groups excluding carboxylic acids is 1. The van der Waals surface area contributed by atoms with Crippen molar-refractivity contribution >= 4 is 11.9 Å². The summed E-state index contributed by atoms with van der Waals surface area (Å²) in [6.45, 7) is 2.43. The zero-order valence-corrected chi connectivity index (χ0v) is 13.5. The molecule has 2 rings (SSSR count). The second-order valence-electron chi connectivity index (χ2n) is 5.77. The number of ether oxygens (including phenoxy) is 2. The molecule has 1 aliphatic carbocycles. The van der Waals surface area contributed by atoms with E-state index in [4.69, 9.17) is 9.47 Å². The lowest BCUT2D eigenvalue weighted by molar-refractivity contribution is -0.139. The standard InChI is InChI=1S/C17H23NO5/c1-3-4-14(17(20)21)18-16(19)13-8-7-12(22-2)9-15(13)23-10-11-5-6-11/h7-9,11,14H,3-6,10H2,1-2H3,(H,18,19)(H,20,21). The molecule has 0 aliphatic heterocycles. The number of hydrogen-bond donors (Lipinski definition) is 2. The van der Waals surface area contributed by atoms with Crippen LogP contribution in [0.4, 0.5) is 0 Å². The molecule has 1 atom stereocenters. The summed E-state index contributed by atoms with van der Waals surface area (Å²) in [6.07, 6.45) is 3.34. The van der Waals surface area contributed by atoms with Crippen molar-refractivity contribution in [3.05, 3.63) is 23.8 Å². The van der Waals surface area contributed by atoms with E-state index < -0.39 is 17.9 Å². The maximum Gasteiger partial charge on any atom is 0.326 e. The van der Waals surface area contributed by atoms with E-state index in [0.717, 1.165) is 12.8 Å². The molecule has 1 amide bonds. The molecule has 6 heteroatoms. The highest BCUT2D eigenvalue weighted by molar-refractivity contribution is 5.99. The van der Waals surface area contributed by atoms with Crippen molar-refractivity contribution in [3.63, 3.8) is 0 Å². The maximum atomic E-state index is 12.4. The maximum absolute atomic E-state index is 12.4. The Morgan fingerprint density at radius 2 is 2.13 bits per heavy atom. The number of nitrogens with one attached hydrogen (secondary N) is 1. The smallest absolute Gasteiger partial charge is 0.326 e. The summed E-state index contributed by atoms with van der Waals surface area (Å²) in [4.78, 5) is 23.6. The number of rotatable bonds is 9. The predicted molar refractivity (Wildman–Crippen MR) is 85.0 cm³/mol. The summed E-state index contributed by atoms with van der Waals surface area (Å²) in [5, 5.41) is 11.7. The molecule has 0 heterocycles. The van der Waals surface area contributed by atoms with Gasteiger partial charge in [-0.2, -0.15) is 0 Å². The van der Waals surface area contributed by atoms with Crippen LogP contribution in [0, 0.1) is 5.92 Å². The van der Waals surface area contributed by atoms with Crippen LogP contribution in [0.3, 0.4) is 0 Å². The Hall–Kier alpha value is -2.24. The number of carbonyl (C=O) groups is 2. The van der Waals surface area contributed by atoms with Crippen LogP contribution in [0.5, 0.6) is 11.5 Å². The molecule has 1 aromatic carbocycles. The second kappa shape index (κ2) is 7.85. The SMILES string of the molecule is CCCC(NC(=O)c1ccc(OC)cc1OCC1CC1)C(=O)O. The van der Waals surface area contributed by atoms with Gasteiger partial charge in [0, 0.05) is 6.07 Å². The summed E-state index contributed by atoms with van der Waals surface area (Å²) >= 11 is 0. The Kier molecular flexibility index (Phi) is 5.84. The average molecular weight is 321 g/mol. The molecule has 2 N–H and O–H groups in total. The number of methoxy groups -OCH3 is 1. The topological polar surface area (TPSA) is 84.9 Å². The summed E-state index contributed by atoms with van der Waals surface area (Å²) in [6, 6.07) is 4.02. The first kappa shape index (κ1) is 17.1. The lowest BCUT2D eigenvalue weighted by atomic mass is 10.1. The van der Waals surface area contributed by atoms with Gasteiger partial charge >= 0.3 is 5.97 Å². The van der Waals surface area contributed by atoms with Crippen LogP contribution in [0.25, 0.3) is 0 Å². The van der Waals surface area contributed by atoms with Gasteiger partial charge in [-0.3, -0.25) is 4.79 Å². The molecule has 23 heavy (non-hydrogen) atoms. The van der Waals surface area contributed by atoms with Gasteiger partial charge in [0.05, 0.1) is 19.3 Å². The van der Waals surface area contributed by atoms with Crippen LogP contribution in [0.15, 0.2) is 18.2 Å². The van der Waals surface area contributed by atoms with Crippen LogP contribution < -0.4 is 14.8 Å². The summed E-state index contributed by atoms with van der Waals surface area (Å²) < 4.78 is 10.9. The fraction of sp³-hybridized carbons (Fsp3) is 0.529. The molecule has 1 unspecified atom stereocenters. The Labute approximate surface area is 135 Å². The molecule has 6 nitrogen and oxygen atoms in total. The normalized spacial score (nSPS) is 14.9. The van der Waals surface area contributed by atoms with Gasteiger partial charge in [0.2, 0.25) is 0 Å². The molecule has 1 aliphatic rings. The van der Waals surface area contributed by atoms with E-state index in [9.17, 15) is 14.7 Å². The number of amides is 1. The number of carboxylic acids is 1. The van der Waals surface area contributed by atoms with Gasteiger partial charge in [0.25, 0.3) is 5.91 Å². The summed E-state index contributed by atoms with van der Waals surface area (Å²) in [7, 11) is 1.54. The highest BCUT2D eigenvalue weighted by Crippen LogP contribution is 2.31. The van der Waals surface area contributed by atoms with Crippen LogP contribution in [0.2, 0.25) is 0 Å². The number of benzene rings is 1. The quantitative estimate of drug-likeness (QED) is 0.730. The third-order valence-corrected chi connectivity index (χ3v) is 3.79. The third kappa shape index (κ3) is 4.87. The molecule has 0 saturated heterocycles. The van der Waals surface area contributed by atoms with E-state index in [-0.39, 0.29) is 0 Å². The summed E-state index contributed by atoms with van der Waals surface area (Å²) in [5.74, 6) is 0.0857.